The summed E-state index contributed by atoms with van der Waals surface area (Å²) >= 11 is 0. The Labute approximate surface area is 119 Å². The number of hydrogen-bond donors (Lipinski definition) is 1. The Morgan fingerprint density at radius 3 is 2.21 bits per heavy atom. The Morgan fingerprint density at radius 2 is 1.74 bits per heavy atom. The molecule has 0 fully saturated rings. The molecule has 0 aromatic heterocycles. The lowest BCUT2D eigenvalue weighted by atomic mass is 10.2. The third kappa shape index (κ3) is 26.2. The fourth-order valence-electron chi connectivity index (χ4n) is 1.00. The number of ether oxygens (including phenoxy) is 1. The number of unbranched alkanes of at least 4 members (excludes halogenated alkanes) is 2. The second-order valence-corrected chi connectivity index (χ2v) is 3.19. The first kappa shape index (κ1) is 22.7. The number of hydrogen-bond acceptors (Lipinski definition) is 2. The quantitative estimate of drug-likeness (QED) is 0.384. The van der Waals surface area contributed by atoms with Crippen LogP contribution in [0.2, 0.25) is 0 Å². The molecule has 0 aliphatic heterocycles. The van der Waals surface area contributed by atoms with Gasteiger partial charge in [0.05, 0.1) is 6.61 Å². The fourth-order valence-corrected chi connectivity index (χ4v) is 1.00. The van der Waals surface area contributed by atoms with Gasteiger partial charge in [0.15, 0.2) is 0 Å². The van der Waals surface area contributed by atoms with Gasteiger partial charge in [-0.15, -0.1) is 0 Å². The van der Waals surface area contributed by atoms with Crippen molar-refractivity contribution >= 4 is 5.91 Å². The van der Waals surface area contributed by atoms with Crippen molar-refractivity contribution in [2.75, 3.05) is 6.61 Å². The number of primary amides is 1. The lowest BCUT2D eigenvalue weighted by Gasteiger charge is -2.04. The molecule has 3 nitrogen and oxygen atoms in total. The van der Waals surface area contributed by atoms with Gasteiger partial charge in [-0.3, -0.25) is 4.79 Å². The van der Waals surface area contributed by atoms with Crippen LogP contribution in [0.4, 0.5) is 0 Å². The predicted octanol–water partition coefficient (Wildman–Crippen LogP) is 4.36. The second-order valence-electron chi connectivity index (χ2n) is 3.19. The van der Waals surface area contributed by atoms with Crippen molar-refractivity contribution in [3.8, 4) is 0 Å². The minimum absolute atomic E-state index is 0.241. The summed E-state index contributed by atoms with van der Waals surface area (Å²) in [6.07, 6.45) is 8.34. The first-order valence-corrected chi connectivity index (χ1v) is 7.06. The highest BCUT2D eigenvalue weighted by atomic mass is 16.5. The summed E-state index contributed by atoms with van der Waals surface area (Å²) in [5.41, 5.74) is 5.01. The molecule has 0 saturated carbocycles. The van der Waals surface area contributed by atoms with Crippen LogP contribution in [0.15, 0.2) is 37.1 Å². The van der Waals surface area contributed by atoms with Crippen molar-refractivity contribution in [2.24, 2.45) is 5.73 Å². The molecule has 0 aromatic carbocycles. The number of nitrogens with two attached hydrogens (primary N) is 1. The topological polar surface area (TPSA) is 52.3 Å². The summed E-state index contributed by atoms with van der Waals surface area (Å²) in [4.78, 5) is 10.4. The molecule has 0 unspecified atom stereocenters. The van der Waals surface area contributed by atoms with Crippen molar-refractivity contribution in [3.63, 3.8) is 0 Å². The van der Waals surface area contributed by atoms with Crippen LogP contribution in [-0.2, 0) is 9.53 Å². The van der Waals surface area contributed by atoms with Crippen molar-refractivity contribution in [1.29, 1.82) is 0 Å². The molecule has 2 N–H and O–H groups in total. The highest BCUT2D eigenvalue weighted by molar-refractivity contribution is 5.73. The van der Waals surface area contributed by atoms with Crippen molar-refractivity contribution in [3.05, 3.63) is 37.1 Å². The van der Waals surface area contributed by atoms with E-state index in [0.29, 0.717) is 18.8 Å². The Bertz CT molecular complexity index is 245. The summed E-state index contributed by atoms with van der Waals surface area (Å²) in [6, 6.07) is 0. The van der Waals surface area contributed by atoms with Gasteiger partial charge in [-0.2, -0.15) is 0 Å². The highest BCUT2D eigenvalue weighted by Crippen LogP contribution is 2.02. The molecule has 0 spiro atoms. The molecule has 0 rings (SSSR count). The van der Waals surface area contributed by atoms with Gasteiger partial charge < -0.3 is 10.5 Å². The van der Waals surface area contributed by atoms with Gasteiger partial charge in [-0.1, -0.05) is 53.0 Å². The minimum Gasteiger partial charge on any atom is -0.494 e. The van der Waals surface area contributed by atoms with E-state index in [4.69, 9.17) is 10.5 Å². The predicted molar refractivity (Wildman–Crippen MR) is 84.8 cm³/mol. The summed E-state index contributed by atoms with van der Waals surface area (Å²) in [5.74, 6) is 0.388. The zero-order chi connectivity index (χ0) is 15.5. The molecular formula is C16H31NO2. The summed E-state index contributed by atoms with van der Waals surface area (Å²) in [6.45, 7) is 15.9. The largest absolute Gasteiger partial charge is 0.494 e. The van der Waals surface area contributed by atoms with Crippen molar-refractivity contribution in [2.45, 2.75) is 53.4 Å². The van der Waals surface area contributed by atoms with E-state index in [2.05, 4.69) is 13.2 Å². The number of rotatable bonds is 9. The van der Waals surface area contributed by atoms with E-state index >= 15 is 0 Å². The summed E-state index contributed by atoms with van der Waals surface area (Å²) in [5, 5.41) is 0. The van der Waals surface area contributed by atoms with E-state index in [0.717, 1.165) is 19.3 Å². The molecule has 3 heteroatoms. The molecule has 112 valence electrons. The molecule has 0 saturated heterocycles. The van der Waals surface area contributed by atoms with E-state index in [1.807, 2.05) is 27.7 Å². The Hall–Kier alpha value is -1.51. The molecule has 0 aliphatic carbocycles. The third-order valence-electron chi connectivity index (χ3n) is 1.77. The Balaban J connectivity index is -0.000000579. The van der Waals surface area contributed by atoms with Crippen molar-refractivity contribution in [1.82, 2.24) is 0 Å². The lowest BCUT2D eigenvalue weighted by Crippen LogP contribution is -2.09. The number of allylic oxidation sites excluding steroid dienone is 3. The maximum absolute atomic E-state index is 10.4. The van der Waals surface area contributed by atoms with E-state index in [-0.39, 0.29) is 5.91 Å². The minimum atomic E-state index is -0.241. The van der Waals surface area contributed by atoms with Crippen LogP contribution in [0.5, 0.6) is 0 Å². The molecule has 0 heterocycles. The molecule has 1 amide bonds. The van der Waals surface area contributed by atoms with E-state index in [1.54, 1.807) is 18.2 Å². The SMILES string of the molecule is C=C/C=C\C(=C)OCCCCCC(N)=O.CC.CC. The molecule has 19 heavy (non-hydrogen) atoms. The number of amides is 1. The standard InChI is InChI=1S/C12H19NO2.2C2H6/c1-3-4-8-11(2)15-10-7-5-6-9-12(13)14;2*1-2/h3-4,8H,1-2,5-7,9-10H2,(H2,13,14);2*1-2H3/b8-4-;;. The molecular weight excluding hydrogens is 238 g/mol. The third-order valence-corrected chi connectivity index (χ3v) is 1.77. The van der Waals surface area contributed by atoms with Gasteiger partial charge in [0, 0.05) is 6.42 Å². The van der Waals surface area contributed by atoms with Gasteiger partial charge in [0.2, 0.25) is 5.91 Å². The van der Waals surface area contributed by atoms with Gasteiger partial charge >= 0.3 is 0 Å². The smallest absolute Gasteiger partial charge is 0.217 e. The van der Waals surface area contributed by atoms with Crippen LogP contribution >= 0.6 is 0 Å². The van der Waals surface area contributed by atoms with Gasteiger partial charge in [0.25, 0.3) is 0 Å². The Morgan fingerprint density at radius 1 is 1.16 bits per heavy atom. The van der Waals surface area contributed by atoms with Crippen LogP contribution in [0.3, 0.4) is 0 Å². The molecule has 0 aliphatic rings. The Kier molecular flexibility index (Phi) is 25.9. The van der Waals surface area contributed by atoms with Gasteiger partial charge in [-0.05, 0) is 25.3 Å². The van der Waals surface area contributed by atoms with E-state index < -0.39 is 0 Å². The first-order valence-electron chi connectivity index (χ1n) is 7.06. The monoisotopic (exact) mass is 269 g/mol. The molecule has 0 bridgehead atoms. The summed E-state index contributed by atoms with van der Waals surface area (Å²) in [7, 11) is 0. The second kappa shape index (κ2) is 21.7. The molecule has 0 radical (unpaired) electrons. The van der Waals surface area contributed by atoms with Crippen LogP contribution in [-0.4, -0.2) is 12.5 Å². The average Bonchev–Trinajstić information content (AvgIpc) is 2.44. The zero-order valence-corrected chi connectivity index (χ0v) is 13.1. The number of carbonyl (C=O) groups is 1. The van der Waals surface area contributed by atoms with Gasteiger partial charge in [0.1, 0.15) is 5.76 Å². The van der Waals surface area contributed by atoms with Crippen molar-refractivity contribution < 1.29 is 9.53 Å². The van der Waals surface area contributed by atoms with Crippen LogP contribution in [0, 0.1) is 0 Å². The molecule has 0 aromatic rings. The highest BCUT2D eigenvalue weighted by Gasteiger charge is 1.95. The van der Waals surface area contributed by atoms with Crippen LogP contribution in [0.25, 0.3) is 0 Å². The molecule has 0 atom stereocenters. The maximum Gasteiger partial charge on any atom is 0.217 e. The van der Waals surface area contributed by atoms with E-state index in [1.165, 1.54) is 0 Å². The summed E-state index contributed by atoms with van der Waals surface area (Å²) < 4.78 is 5.31. The first-order chi connectivity index (χ1) is 9.16. The normalized spacial score (nSPS) is 8.63. The lowest BCUT2D eigenvalue weighted by molar-refractivity contribution is -0.118. The maximum atomic E-state index is 10.4. The van der Waals surface area contributed by atoms with Gasteiger partial charge in [-0.25, -0.2) is 0 Å². The zero-order valence-electron chi connectivity index (χ0n) is 13.1. The fraction of sp³-hybridized carbons (Fsp3) is 0.562. The van der Waals surface area contributed by atoms with Crippen LogP contribution in [0.1, 0.15) is 53.4 Å². The van der Waals surface area contributed by atoms with Crippen LogP contribution < -0.4 is 5.73 Å². The van der Waals surface area contributed by atoms with E-state index in [9.17, 15) is 4.79 Å². The number of carbonyl (C=O) groups excluding carboxylic acids is 1. The average molecular weight is 269 g/mol.